The third-order valence-corrected chi connectivity index (χ3v) is 18.4. The highest BCUT2D eigenvalue weighted by atomic mass is 16.5. The zero-order valence-corrected chi connectivity index (χ0v) is 34.7. The van der Waals surface area contributed by atoms with E-state index < -0.39 is 57.6 Å². The molecule has 8 nitrogen and oxygen atoms in total. The van der Waals surface area contributed by atoms with Crippen LogP contribution >= 0.6 is 0 Å². The van der Waals surface area contributed by atoms with E-state index in [1.54, 1.807) is 6.08 Å². The Morgan fingerprint density at radius 2 is 1.84 bits per heavy atom. The van der Waals surface area contributed by atoms with Crippen molar-refractivity contribution in [3.8, 4) is 11.8 Å². The summed E-state index contributed by atoms with van der Waals surface area (Å²) in [5.74, 6) is 5.23. The van der Waals surface area contributed by atoms with Crippen molar-refractivity contribution < 1.29 is 34.8 Å². The van der Waals surface area contributed by atoms with Crippen LogP contribution in [-0.4, -0.2) is 74.8 Å². The number of hydrogen-bond donors (Lipinski definition) is 5. The second kappa shape index (κ2) is 14.3. The van der Waals surface area contributed by atoms with E-state index in [2.05, 4.69) is 56.1 Å². The molecule has 6 fully saturated rings. The molecule has 1 spiro atoms. The first kappa shape index (κ1) is 39.9. The van der Waals surface area contributed by atoms with Gasteiger partial charge >= 0.3 is 5.97 Å². The minimum absolute atomic E-state index is 0.0183. The van der Waals surface area contributed by atoms with Gasteiger partial charge in [0.15, 0.2) is 0 Å². The van der Waals surface area contributed by atoms with Crippen LogP contribution in [0.5, 0.6) is 0 Å². The Morgan fingerprint density at radius 3 is 2.60 bits per heavy atom. The molecular formula is C49H67NO7. The van der Waals surface area contributed by atoms with E-state index in [4.69, 9.17) is 4.74 Å². The minimum atomic E-state index is -1.68. The number of carbonyl (C=O) groups is 2. The van der Waals surface area contributed by atoms with Crippen LogP contribution in [0.4, 0.5) is 0 Å². The summed E-state index contributed by atoms with van der Waals surface area (Å²) in [5, 5.41) is 57.7. The number of fused-ring (bicyclic) bond motifs is 7. The predicted octanol–water partition coefficient (Wildman–Crippen LogP) is 6.30. The lowest BCUT2D eigenvalue weighted by Crippen LogP contribution is -2.81. The van der Waals surface area contributed by atoms with Crippen molar-refractivity contribution in [1.29, 1.82) is 0 Å². The van der Waals surface area contributed by atoms with E-state index in [1.165, 1.54) is 0 Å². The monoisotopic (exact) mass is 781 g/mol. The summed E-state index contributed by atoms with van der Waals surface area (Å²) >= 11 is 0. The van der Waals surface area contributed by atoms with Gasteiger partial charge in [0.2, 0.25) is 0 Å². The summed E-state index contributed by atoms with van der Waals surface area (Å²) in [6.45, 7) is 6.62. The van der Waals surface area contributed by atoms with Gasteiger partial charge in [0.25, 0.3) is 0 Å². The summed E-state index contributed by atoms with van der Waals surface area (Å²) in [4.78, 5) is 27.7. The largest absolute Gasteiger partial charge is 0.454 e. The van der Waals surface area contributed by atoms with Gasteiger partial charge in [-0.25, -0.2) is 4.79 Å². The quantitative estimate of drug-likeness (QED) is 0.0943. The first-order valence-electron chi connectivity index (χ1n) is 22.8. The zero-order valence-electron chi connectivity index (χ0n) is 34.7. The Morgan fingerprint density at radius 1 is 1.04 bits per heavy atom. The van der Waals surface area contributed by atoms with E-state index in [0.29, 0.717) is 57.3 Å². The number of unbranched alkanes of at least 4 members (excludes halogenated alkanes) is 2. The molecule has 8 heteroatoms. The average Bonchev–Trinajstić information content (AvgIpc) is 3.64. The van der Waals surface area contributed by atoms with Gasteiger partial charge in [-0.1, -0.05) is 70.1 Å². The fourth-order valence-corrected chi connectivity index (χ4v) is 16.0. The van der Waals surface area contributed by atoms with Gasteiger partial charge in [0.05, 0.1) is 22.7 Å². The molecule has 4 bridgehead atoms. The van der Waals surface area contributed by atoms with Crippen LogP contribution < -0.4 is 5.32 Å². The molecule has 16 atom stereocenters. The van der Waals surface area contributed by atoms with Crippen molar-refractivity contribution in [2.75, 3.05) is 7.05 Å². The van der Waals surface area contributed by atoms with Crippen molar-refractivity contribution >= 4 is 12.3 Å². The molecule has 1 heterocycles. The van der Waals surface area contributed by atoms with Crippen molar-refractivity contribution in [3.63, 3.8) is 0 Å². The number of benzene rings is 1. The molecule has 1 aliphatic heterocycles. The van der Waals surface area contributed by atoms with E-state index in [1.807, 2.05) is 13.1 Å². The Bertz CT molecular complexity index is 1850. The van der Waals surface area contributed by atoms with Crippen molar-refractivity contribution in [3.05, 3.63) is 47.0 Å². The standard InChI is InChI=1S/C49H67NO7/c1-5-6-7-15-33-25-46(28-51)40-18-20-45-19-11-10-13-30-12-8-9-14-32(30)23-39(50-4)36-22-34(42(45)37-24-41(52)57-44(36)37)26-48(45,55)47(40,54)27-35-21-31(29(2)3)16-17-38(43(33)53)49(35,46)56/h8-9,12,14,24,28-29,31,33-36,38-40,42-44,50,53-56H,5-7,11,15-23,25-27H2,1-4H3/t31-,33+,34-,35-,36-,38+,39+,40+,42+,43-,44-,45+,46-,47-,48+,49-/m0/s1. The maximum Gasteiger partial charge on any atom is 0.331 e. The highest BCUT2D eigenvalue weighted by Gasteiger charge is 2.83. The summed E-state index contributed by atoms with van der Waals surface area (Å²) in [7, 11) is 1.98. The van der Waals surface area contributed by atoms with Crippen LogP contribution in [-0.2, 0) is 20.7 Å². The first-order valence-corrected chi connectivity index (χ1v) is 22.8. The van der Waals surface area contributed by atoms with Crippen LogP contribution in [0.1, 0.15) is 128 Å². The Balaban J connectivity index is 1.21. The van der Waals surface area contributed by atoms with E-state index in [-0.39, 0.29) is 48.0 Å². The molecular weight excluding hydrogens is 715 g/mol. The predicted molar refractivity (Wildman–Crippen MR) is 217 cm³/mol. The molecule has 0 unspecified atom stereocenters. The maximum atomic E-state index is 14.4. The number of hydrogen-bond acceptors (Lipinski definition) is 8. The van der Waals surface area contributed by atoms with Crippen LogP contribution in [0.3, 0.4) is 0 Å². The molecule has 9 rings (SSSR count). The fourth-order valence-electron chi connectivity index (χ4n) is 16.0. The molecule has 0 amide bonds. The van der Waals surface area contributed by atoms with Crippen molar-refractivity contribution in [2.24, 2.45) is 64.1 Å². The summed E-state index contributed by atoms with van der Waals surface area (Å²) in [6, 6.07) is 8.28. The summed E-state index contributed by atoms with van der Waals surface area (Å²) in [6.07, 6.45) is 11.9. The van der Waals surface area contributed by atoms with Gasteiger partial charge in [-0.2, -0.15) is 0 Å². The zero-order chi connectivity index (χ0) is 40.1. The molecule has 0 saturated heterocycles. The van der Waals surface area contributed by atoms with Crippen molar-refractivity contribution in [1.82, 2.24) is 5.32 Å². The minimum Gasteiger partial charge on any atom is -0.454 e. The third-order valence-electron chi connectivity index (χ3n) is 18.4. The molecule has 0 radical (unpaired) electrons. The molecule has 1 aromatic carbocycles. The molecule has 0 aromatic heterocycles. The molecule has 1 aromatic rings. The normalized spacial score (nSPS) is 48.2. The van der Waals surface area contributed by atoms with Gasteiger partial charge in [-0.05, 0) is 137 Å². The SMILES string of the molecule is CCCCC[C@@H]1C[C@]2(C=O)[C@H]3CC[C@@]45CCC#Cc6ccccc6C[C@@H](NC)[C@@H]6C[C@@H](C[C@]4(O)[C@]3(O)C[C@@H]3C[C@@H](C(C)C)CC[C@H]([C@H]1O)[C@@]32O)[C@@H]5C1=CC(=O)O[C@H]16. The number of rotatable bonds is 7. The van der Waals surface area contributed by atoms with Crippen LogP contribution in [0.25, 0.3) is 0 Å². The van der Waals surface area contributed by atoms with Crippen molar-refractivity contribution in [2.45, 2.75) is 159 Å². The van der Waals surface area contributed by atoms with Gasteiger partial charge < -0.3 is 35.3 Å². The maximum absolute atomic E-state index is 14.4. The van der Waals surface area contributed by atoms with Crippen LogP contribution in [0.15, 0.2) is 35.9 Å². The highest BCUT2D eigenvalue weighted by Crippen LogP contribution is 2.77. The first-order chi connectivity index (χ1) is 27.3. The highest BCUT2D eigenvalue weighted by molar-refractivity contribution is 5.86. The molecule has 57 heavy (non-hydrogen) atoms. The lowest BCUT2D eigenvalue weighted by molar-refractivity contribution is -0.348. The van der Waals surface area contributed by atoms with Gasteiger partial charge in [-0.3, -0.25) is 0 Å². The second-order valence-electron chi connectivity index (χ2n) is 20.7. The Labute approximate surface area is 340 Å². The number of aliphatic hydroxyl groups excluding tert-OH is 1. The summed E-state index contributed by atoms with van der Waals surface area (Å²) in [5.41, 5.74) is -3.80. The molecule has 6 saturated carbocycles. The van der Waals surface area contributed by atoms with E-state index in [0.717, 1.165) is 67.9 Å². The van der Waals surface area contributed by atoms with Gasteiger partial charge in [-0.15, -0.1) is 0 Å². The van der Waals surface area contributed by atoms with Crippen LogP contribution in [0, 0.1) is 75.9 Å². The lowest BCUT2D eigenvalue weighted by Gasteiger charge is -2.72. The number of nitrogens with one attached hydrogen (secondary N) is 1. The van der Waals surface area contributed by atoms with Crippen LogP contribution in [0.2, 0.25) is 0 Å². The van der Waals surface area contributed by atoms with E-state index in [9.17, 15) is 30.0 Å². The lowest BCUT2D eigenvalue weighted by atomic mass is 9.35. The van der Waals surface area contributed by atoms with E-state index >= 15 is 0 Å². The number of carbonyl (C=O) groups excluding carboxylic acids is 2. The molecule has 8 aliphatic rings. The van der Waals surface area contributed by atoms with Gasteiger partial charge in [0, 0.05) is 47.3 Å². The van der Waals surface area contributed by atoms with Gasteiger partial charge in [0.1, 0.15) is 18.0 Å². The molecule has 7 aliphatic carbocycles. The average molecular weight is 782 g/mol. The topological polar surface area (TPSA) is 136 Å². The number of ether oxygens (including phenoxy) is 1. The number of likely N-dealkylation sites (N-methyl/N-ethyl adjacent to an activating group) is 1. The molecule has 310 valence electrons. The smallest absolute Gasteiger partial charge is 0.331 e. The summed E-state index contributed by atoms with van der Waals surface area (Å²) < 4.78 is 6.25. The number of aliphatic hydroxyl groups is 4. The second-order valence-corrected chi connectivity index (χ2v) is 20.7. The number of esters is 1. The Kier molecular flexibility index (Phi) is 10.0. The Hall–Kier alpha value is -2.54. The fraction of sp³-hybridized carbons (Fsp3) is 0.755. The third kappa shape index (κ3) is 5.43. The number of aldehydes is 1. The molecule has 5 N–H and O–H groups in total.